The van der Waals surface area contributed by atoms with E-state index in [1.165, 1.54) is 6.33 Å². The molecular formula is C28H27N9O2. The van der Waals surface area contributed by atoms with Gasteiger partial charge >= 0.3 is 0 Å². The average molecular weight is 522 g/mol. The molecule has 6 aromatic rings. The first-order chi connectivity index (χ1) is 19.0. The maximum atomic E-state index is 14.0. The topological polar surface area (TPSA) is 156 Å². The summed E-state index contributed by atoms with van der Waals surface area (Å²) in [5.41, 5.74) is 17.2. The van der Waals surface area contributed by atoms with Gasteiger partial charge in [-0.15, -0.1) is 0 Å². The van der Waals surface area contributed by atoms with Gasteiger partial charge in [-0.25, -0.2) is 14.6 Å². The van der Waals surface area contributed by atoms with Crippen molar-refractivity contribution in [2.75, 3.05) is 24.6 Å². The van der Waals surface area contributed by atoms with Crippen LogP contribution in [0.3, 0.4) is 0 Å². The zero-order chi connectivity index (χ0) is 26.7. The predicted octanol–water partition coefficient (Wildman–Crippen LogP) is 3.40. The molecule has 11 heteroatoms. The van der Waals surface area contributed by atoms with Gasteiger partial charge in [0.05, 0.1) is 17.3 Å². The van der Waals surface area contributed by atoms with E-state index in [1.807, 2.05) is 41.8 Å². The maximum Gasteiger partial charge on any atom is 0.292 e. The highest BCUT2D eigenvalue weighted by Gasteiger charge is 2.24. The number of rotatable bonds is 4. The first-order valence-electron chi connectivity index (χ1n) is 13.0. The summed E-state index contributed by atoms with van der Waals surface area (Å²) in [6.07, 6.45) is 3.20. The third kappa shape index (κ3) is 3.81. The first kappa shape index (κ1) is 23.4. The fourth-order valence-corrected chi connectivity index (χ4v) is 5.78. The molecule has 11 nitrogen and oxygen atoms in total. The van der Waals surface area contributed by atoms with Crippen LogP contribution < -0.4 is 22.3 Å². The van der Waals surface area contributed by atoms with Crippen LogP contribution >= 0.6 is 0 Å². The normalized spacial score (nSPS) is 14.6. The molecule has 0 atom stereocenters. The van der Waals surface area contributed by atoms with Gasteiger partial charge in [0.2, 0.25) is 0 Å². The van der Waals surface area contributed by atoms with Gasteiger partial charge in [0.25, 0.3) is 11.6 Å². The highest BCUT2D eigenvalue weighted by atomic mass is 16.4. The molecule has 196 valence electrons. The molecule has 5 heterocycles. The van der Waals surface area contributed by atoms with Gasteiger partial charge in [0.1, 0.15) is 23.4 Å². The quantitative estimate of drug-likeness (QED) is 0.316. The highest BCUT2D eigenvalue weighted by Crippen LogP contribution is 2.33. The highest BCUT2D eigenvalue weighted by molar-refractivity contribution is 5.99. The van der Waals surface area contributed by atoms with E-state index < -0.39 is 0 Å². The van der Waals surface area contributed by atoms with Crippen molar-refractivity contribution in [1.82, 2.24) is 34.6 Å². The number of anilines is 2. The lowest BCUT2D eigenvalue weighted by atomic mass is 10.0. The summed E-state index contributed by atoms with van der Waals surface area (Å²) >= 11 is 0. The van der Waals surface area contributed by atoms with E-state index in [0.29, 0.717) is 40.2 Å². The number of benzene rings is 2. The second-order valence-electron chi connectivity index (χ2n) is 10.0. The van der Waals surface area contributed by atoms with Gasteiger partial charge in [-0.05, 0) is 68.1 Å². The van der Waals surface area contributed by atoms with E-state index in [2.05, 4.69) is 26.3 Å². The lowest BCUT2D eigenvalue weighted by Gasteiger charge is -2.28. The molecule has 1 fully saturated rings. The van der Waals surface area contributed by atoms with Crippen molar-refractivity contribution < 1.29 is 4.42 Å². The summed E-state index contributed by atoms with van der Waals surface area (Å²) in [5, 5.41) is 10.7. The number of hydrogen-bond donors (Lipinski definition) is 3. The van der Waals surface area contributed by atoms with Crippen LogP contribution in [0, 0.1) is 6.92 Å². The Labute approximate surface area is 222 Å². The Hall–Kier alpha value is -4.77. The molecule has 1 aliphatic heterocycles. The molecule has 1 saturated heterocycles. The van der Waals surface area contributed by atoms with Gasteiger partial charge in [-0.2, -0.15) is 10.1 Å². The minimum atomic E-state index is 0.0346. The molecule has 7 rings (SSSR count). The van der Waals surface area contributed by atoms with Crippen molar-refractivity contribution in [1.29, 1.82) is 0 Å². The number of nitrogens with one attached hydrogen (secondary N) is 1. The first-order valence-corrected chi connectivity index (χ1v) is 13.0. The van der Waals surface area contributed by atoms with Crippen molar-refractivity contribution in [2.45, 2.75) is 32.4 Å². The third-order valence-corrected chi connectivity index (χ3v) is 7.59. The minimum absolute atomic E-state index is 0.0346. The molecule has 0 unspecified atom stereocenters. The van der Waals surface area contributed by atoms with Gasteiger partial charge in [0.15, 0.2) is 11.2 Å². The molecule has 0 saturated carbocycles. The fourth-order valence-electron chi connectivity index (χ4n) is 5.78. The summed E-state index contributed by atoms with van der Waals surface area (Å²) in [7, 11) is 0. The average Bonchev–Trinajstić information content (AvgIpc) is 3.49. The third-order valence-electron chi connectivity index (χ3n) is 7.59. The monoisotopic (exact) mass is 521 g/mol. The Balaban J connectivity index is 1.42. The zero-order valence-electron chi connectivity index (χ0n) is 21.4. The summed E-state index contributed by atoms with van der Waals surface area (Å²) < 4.78 is 9.21. The van der Waals surface area contributed by atoms with Gasteiger partial charge in [-0.1, -0.05) is 18.2 Å². The van der Waals surface area contributed by atoms with Crippen LogP contribution in [0.4, 0.5) is 11.8 Å². The van der Waals surface area contributed by atoms with Gasteiger partial charge in [0, 0.05) is 17.3 Å². The van der Waals surface area contributed by atoms with Crippen molar-refractivity contribution in [3.8, 4) is 11.3 Å². The largest absolute Gasteiger partial charge is 0.424 e. The summed E-state index contributed by atoms with van der Waals surface area (Å²) in [6, 6.07) is 13.8. The molecule has 5 N–H and O–H groups in total. The molecule has 1 aliphatic rings. The smallest absolute Gasteiger partial charge is 0.292 e. The standard InChI is InChI=1S/C28H27N9O2/c1-15-3-2-4-16-11-19(37(27(38)22(15)16)18-7-9-31-10-8-18)13-36-26-23(25(29)32-14-33-26)24(35-36)17-5-6-21-20(12-17)34-28(30)39-21/h2-6,11-12,14,18,31H,7-10,13H2,1H3,(H2,30,34)(H2,29,32,33). The van der Waals surface area contributed by atoms with Gasteiger partial charge in [-0.3, -0.25) is 4.79 Å². The molecular weight excluding hydrogens is 494 g/mol. The van der Waals surface area contributed by atoms with Crippen molar-refractivity contribution in [2.24, 2.45) is 0 Å². The number of nitrogens with zero attached hydrogens (tertiary/aromatic N) is 6. The van der Waals surface area contributed by atoms with Crippen LogP contribution in [0.1, 0.15) is 30.1 Å². The number of nitrogen functional groups attached to an aromatic ring is 2. The lowest BCUT2D eigenvalue weighted by Crippen LogP contribution is -2.36. The van der Waals surface area contributed by atoms with Gasteiger partial charge < -0.3 is 25.8 Å². The predicted molar refractivity (Wildman–Crippen MR) is 150 cm³/mol. The van der Waals surface area contributed by atoms with Crippen molar-refractivity contribution in [3.63, 3.8) is 0 Å². The fraction of sp³-hybridized carbons (Fsp3) is 0.250. The van der Waals surface area contributed by atoms with E-state index in [4.69, 9.17) is 21.0 Å². The van der Waals surface area contributed by atoms with Crippen LogP contribution in [-0.4, -0.2) is 42.4 Å². The Morgan fingerprint density at radius 1 is 1.08 bits per heavy atom. The second-order valence-corrected chi connectivity index (χ2v) is 10.0. The van der Waals surface area contributed by atoms with Crippen LogP contribution in [0.2, 0.25) is 0 Å². The molecule has 0 spiro atoms. The molecule has 2 aromatic carbocycles. The van der Waals surface area contributed by atoms with E-state index in [1.54, 1.807) is 10.7 Å². The molecule has 39 heavy (non-hydrogen) atoms. The van der Waals surface area contributed by atoms with Crippen molar-refractivity contribution >= 4 is 44.7 Å². The van der Waals surface area contributed by atoms with E-state index in [-0.39, 0.29) is 17.6 Å². The van der Waals surface area contributed by atoms with E-state index in [0.717, 1.165) is 53.5 Å². The molecule has 0 aliphatic carbocycles. The molecule has 0 bridgehead atoms. The number of oxazole rings is 1. The summed E-state index contributed by atoms with van der Waals surface area (Å²) in [4.78, 5) is 27.0. The maximum absolute atomic E-state index is 14.0. The van der Waals surface area contributed by atoms with E-state index >= 15 is 0 Å². The SMILES string of the molecule is Cc1cccc2cc(Cn3nc(-c4ccc5oc(N)nc5c4)c4c(N)ncnc43)n(C3CCNCC3)c(=O)c12. The number of aryl methyl sites for hydroxylation is 1. The number of nitrogens with two attached hydrogens (primary N) is 2. The Kier molecular flexibility index (Phi) is 5.34. The van der Waals surface area contributed by atoms with E-state index in [9.17, 15) is 4.79 Å². The zero-order valence-corrected chi connectivity index (χ0v) is 21.4. The molecule has 0 radical (unpaired) electrons. The minimum Gasteiger partial charge on any atom is -0.424 e. The van der Waals surface area contributed by atoms with Crippen LogP contribution in [0.15, 0.2) is 58.0 Å². The summed E-state index contributed by atoms with van der Waals surface area (Å²) in [5.74, 6) is 0.325. The van der Waals surface area contributed by atoms with Crippen molar-refractivity contribution in [3.05, 3.63) is 70.4 Å². The lowest BCUT2D eigenvalue weighted by molar-refractivity contribution is 0.352. The van der Waals surface area contributed by atoms with Crippen LogP contribution in [-0.2, 0) is 6.54 Å². The number of fused-ring (bicyclic) bond motifs is 3. The number of piperidine rings is 1. The number of aromatic nitrogens is 6. The molecule has 4 aromatic heterocycles. The number of pyridine rings is 1. The van der Waals surface area contributed by atoms with Crippen LogP contribution in [0.25, 0.3) is 44.2 Å². The second kappa shape index (κ2) is 8.91. The Morgan fingerprint density at radius 3 is 2.77 bits per heavy atom. The number of hydrogen-bond acceptors (Lipinski definition) is 9. The Bertz CT molecular complexity index is 1950. The Morgan fingerprint density at radius 2 is 1.92 bits per heavy atom. The van der Waals surface area contributed by atoms with Crippen LogP contribution in [0.5, 0.6) is 0 Å². The summed E-state index contributed by atoms with van der Waals surface area (Å²) in [6.45, 7) is 4.07. The molecule has 0 amide bonds.